The van der Waals surface area contributed by atoms with Gasteiger partial charge in [0.1, 0.15) is 0 Å². The van der Waals surface area contributed by atoms with Gasteiger partial charge >= 0.3 is 0 Å². The average molecular weight is 236 g/mol. The molecule has 0 aromatic carbocycles. The molecule has 0 bridgehead atoms. The van der Waals surface area contributed by atoms with Gasteiger partial charge in [-0.25, -0.2) is 0 Å². The molecule has 0 aliphatic heterocycles. The van der Waals surface area contributed by atoms with E-state index in [2.05, 4.69) is 24.7 Å². The number of nitrogens with zero attached hydrogens (tertiary/aromatic N) is 2. The summed E-state index contributed by atoms with van der Waals surface area (Å²) in [7, 11) is 0. The highest BCUT2D eigenvalue weighted by Crippen LogP contribution is 2.20. The fourth-order valence-corrected chi connectivity index (χ4v) is 1.83. The number of hydrogen-bond acceptors (Lipinski definition) is 1. The maximum Gasteiger partial charge on any atom is 0.0712 e. The van der Waals surface area contributed by atoms with Crippen molar-refractivity contribution in [2.45, 2.75) is 6.92 Å². The minimum atomic E-state index is 0.871. The van der Waals surface area contributed by atoms with Gasteiger partial charge in [0, 0.05) is 23.5 Å². The molecular weight excluding hydrogens is 220 g/mol. The monoisotopic (exact) mass is 236 g/mol. The molecule has 0 saturated heterocycles. The van der Waals surface area contributed by atoms with Gasteiger partial charge in [-0.1, -0.05) is 31.4 Å². The predicted octanol–water partition coefficient (Wildman–Crippen LogP) is 4.20. The smallest absolute Gasteiger partial charge is 0.0712 e. The molecule has 0 aliphatic carbocycles. The summed E-state index contributed by atoms with van der Waals surface area (Å²) in [6.45, 7) is 13.7. The summed E-state index contributed by atoms with van der Waals surface area (Å²) in [6.07, 6.45) is 9.38. The average Bonchev–Trinajstić information content (AvgIpc) is 2.79. The van der Waals surface area contributed by atoms with Gasteiger partial charge in [-0.15, -0.1) is 0 Å². The van der Waals surface area contributed by atoms with Crippen molar-refractivity contribution in [2.24, 2.45) is 0 Å². The van der Waals surface area contributed by atoms with E-state index in [0.717, 1.165) is 27.7 Å². The van der Waals surface area contributed by atoms with Gasteiger partial charge < -0.3 is 4.57 Å². The Kier molecular flexibility index (Phi) is 3.28. The van der Waals surface area contributed by atoms with Crippen LogP contribution in [0, 0.1) is 0 Å². The Morgan fingerprint density at radius 2 is 2.11 bits per heavy atom. The summed E-state index contributed by atoms with van der Waals surface area (Å²) in [5, 5.41) is 1.15. The van der Waals surface area contributed by atoms with E-state index in [-0.39, 0.29) is 0 Å². The lowest BCUT2D eigenvalue weighted by atomic mass is 10.1. The number of allylic oxidation sites excluding steroid dienone is 5. The van der Waals surface area contributed by atoms with Crippen molar-refractivity contribution in [1.29, 1.82) is 0 Å². The second-order valence-electron chi connectivity index (χ2n) is 4.20. The zero-order valence-electron chi connectivity index (χ0n) is 10.6. The Hall–Kier alpha value is -2.35. The Bertz CT molecular complexity index is 657. The number of rotatable bonds is 4. The molecule has 0 amide bonds. The van der Waals surface area contributed by atoms with Crippen LogP contribution in [0.15, 0.2) is 73.8 Å². The van der Waals surface area contributed by atoms with Gasteiger partial charge in [0.15, 0.2) is 0 Å². The van der Waals surface area contributed by atoms with Crippen molar-refractivity contribution in [2.75, 3.05) is 0 Å². The van der Waals surface area contributed by atoms with E-state index < -0.39 is 0 Å². The summed E-state index contributed by atoms with van der Waals surface area (Å²) in [4.78, 5) is 4.14. The molecule has 0 unspecified atom stereocenters. The van der Waals surface area contributed by atoms with Crippen LogP contribution in [-0.4, -0.2) is 9.55 Å². The van der Waals surface area contributed by atoms with Crippen molar-refractivity contribution in [3.05, 3.63) is 73.8 Å². The summed E-state index contributed by atoms with van der Waals surface area (Å²) in [5.74, 6) is 0. The fourth-order valence-electron chi connectivity index (χ4n) is 1.83. The number of fused-ring (bicyclic) bond motifs is 1. The van der Waals surface area contributed by atoms with E-state index in [9.17, 15) is 0 Å². The SMILES string of the molecule is C=C/C(=C/C(=C)n1ccc2ccncc21)C(=C)C. The van der Waals surface area contributed by atoms with Crippen molar-refractivity contribution >= 4 is 16.6 Å². The Balaban J connectivity index is 2.46. The third kappa shape index (κ3) is 2.18. The molecule has 2 aromatic rings. The molecule has 2 nitrogen and oxygen atoms in total. The lowest BCUT2D eigenvalue weighted by Crippen LogP contribution is -1.92. The highest BCUT2D eigenvalue weighted by molar-refractivity contribution is 5.83. The van der Waals surface area contributed by atoms with Crippen molar-refractivity contribution in [1.82, 2.24) is 9.55 Å². The summed E-state index contributed by atoms with van der Waals surface area (Å²) in [6, 6.07) is 4.03. The van der Waals surface area contributed by atoms with E-state index in [1.165, 1.54) is 0 Å². The van der Waals surface area contributed by atoms with Crippen LogP contribution >= 0.6 is 0 Å². The maximum absolute atomic E-state index is 4.14. The molecule has 0 saturated carbocycles. The largest absolute Gasteiger partial charge is 0.316 e. The molecule has 90 valence electrons. The van der Waals surface area contributed by atoms with Crippen LogP contribution < -0.4 is 0 Å². The maximum atomic E-state index is 4.14. The van der Waals surface area contributed by atoms with Crippen LogP contribution in [0.4, 0.5) is 0 Å². The van der Waals surface area contributed by atoms with Crippen LogP contribution in [0.2, 0.25) is 0 Å². The molecule has 0 spiro atoms. The van der Waals surface area contributed by atoms with Gasteiger partial charge in [-0.3, -0.25) is 4.98 Å². The summed E-state index contributed by atoms with van der Waals surface area (Å²) in [5.41, 5.74) is 3.88. The normalized spacial score (nSPS) is 11.5. The van der Waals surface area contributed by atoms with Gasteiger partial charge in [0.2, 0.25) is 0 Å². The minimum Gasteiger partial charge on any atom is -0.316 e. The van der Waals surface area contributed by atoms with Crippen LogP contribution in [-0.2, 0) is 0 Å². The summed E-state index contributed by atoms with van der Waals surface area (Å²) >= 11 is 0. The standard InChI is InChI=1S/C16H16N2/c1-5-14(12(2)3)10-13(4)18-9-7-15-6-8-17-11-16(15)18/h5-11H,1-2,4H2,3H3/b14-10-. The molecule has 0 fully saturated rings. The van der Waals surface area contributed by atoms with Crippen molar-refractivity contribution in [3.8, 4) is 0 Å². The molecule has 2 heteroatoms. The molecule has 18 heavy (non-hydrogen) atoms. The van der Waals surface area contributed by atoms with Crippen LogP contribution in [0.25, 0.3) is 16.6 Å². The first-order chi connectivity index (χ1) is 8.63. The predicted molar refractivity (Wildman–Crippen MR) is 78.2 cm³/mol. The topological polar surface area (TPSA) is 17.8 Å². The van der Waals surface area contributed by atoms with Crippen LogP contribution in [0.3, 0.4) is 0 Å². The lowest BCUT2D eigenvalue weighted by molar-refractivity contribution is 1.17. The second kappa shape index (κ2) is 4.88. The highest BCUT2D eigenvalue weighted by Gasteiger charge is 2.03. The number of pyridine rings is 1. The Labute approximate surface area is 107 Å². The molecule has 2 aromatic heterocycles. The first-order valence-electron chi connectivity index (χ1n) is 5.74. The molecular formula is C16H16N2. The van der Waals surface area contributed by atoms with E-state index in [1.54, 1.807) is 12.3 Å². The van der Waals surface area contributed by atoms with E-state index in [0.29, 0.717) is 0 Å². The molecule has 2 heterocycles. The zero-order chi connectivity index (χ0) is 13.1. The van der Waals surface area contributed by atoms with Gasteiger partial charge in [-0.05, 0) is 30.7 Å². The van der Waals surface area contributed by atoms with E-state index >= 15 is 0 Å². The van der Waals surface area contributed by atoms with E-state index in [1.807, 2.05) is 42.1 Å². The van der Waals surface area contributed by atoms with Crippen molar-refractivity contribution in [3.63, 3.8) is 0 Å². The van der Waals surface area contributed by atoms with Gasteiger partial charge in [0.05, 0.1) is 11.7 Å². The molecule has 0 radical (unpaired) electrons. The van der Waals surface area contributed by atoms with Crippen molar-refractivity contribution < 1.29 is 0 Å². The first kappa shape index (κ1) is 12.1. The van der Waals surface area contributed by atoms with Gasteiger partial charge in [0.25, 0.3) is 0 Å². The quantitative estimate of drug-likeness (QED) is 0.728. The second-order valence-corrected chi connectivity index (χ2v) is 4.20. The zero-order valence-corrected chi connectivity index (χ0v) is 10.6. The molecule has 2 rings (SSSR count). The highest BCUT2D eigenvalue weighted by atomic mass is 15.0. The third-order valence-corrected chi connectivity index (χ3v) is 2.84. The van der Waals surface area contributed by atoms with E-state index in [4.69, 9.17) is 0 Å². The molecule has 0 atom stereocenters. The Morgan fingerprint density at radius 3 is 2.78 bits per heavy atom. The Morgan fingerprint density at radius 1 is 1.33 bits per heavy atom. The van der Waals surface area contributed by atoms with Crippen LogP contribution in [0.5, 0.6) is 0 Å². The van der Waals surface area contributed by atoms with Gasteiger partial charge in [-0.2, -0.15) is 0 Å². The van der Waals surface area contributed by atoms with Crippen LogP contribution in [0.1, 0.15) is 6.92 Å². The molecule has 0 aliphatic rings. The molecule has 0 N–H and O–H groups in total. The minimum absolute atomic E-state index is 0.871. The fraction of sp³-hybridized carbons (Fsp3) is 0.0625. The summed E-state index contributed by atoms with van der Waals surface area (Å²) < 4.78 is 2.01. The number of aromatic nitrogens is 2. The number of hydrogen-bond donors (Lipinski definition) is 0. The third-order valence-electron chi connectivity index (χ3n) is 2.84. The first-order valence-corrected chi connectivity index (χ1v) is 5.74. The lowest BCUT2D eigenvalue weighted by Gasteiger charge is -2.07.